The van der Waals surface area contributed by atoms with E-state index in [9.17, 15) is 4.79 Å². The van der Waals surface area contributed by atoms with Crippen LogP contribution in [0.1, 0.15) is 18.1 Å². The van der Waals surface area contributed by atoms with Gasteiger partial charge in [0.05, 0.1) is 24.7 Å². The summed E-state index contributed by atoms with van der Waals surface area (Å²) >= 11 is 0. The van der Waals surface area contributed by atoms with Gasteiger partial charge in [0.2, 0.25) is 0 Å². The minimum atomic E-state index is -0.540. The first-order valence-electron chi connectivity index (χ1n) is 10.3. The van der Waals surface area contributed by atoms with E-state index >= 15 is 0 Å². The van der Waals surface area contributed by atoms with Crippen LogP contribution in [0.25, 0.3) is 0 Å². The lowest BCUT2D eigenvalue weighted by atomic mass is 10.1. The first-order valence-corrected chi connectivity index (χ1v) is 10.3. The topological polar surface area (TPSA) is 44.8 Å². The van der Waals surface area contributed by atoms with Crippen molar-refractivity contribution >= 4 is 17.3 Å². The molecule has 1 aliphatic rings. The minimum Gasteiger partial charge on any atom is -0.463 e. The van der Waals surface area contributed by atoms with Crippen LogP contribution < -0.4 is 10.2 Å². The van der Waals surface area contributed by atoms with Crippen LogP contribution in [-0.2, 0) is 22.6 Å². The van der Waals surface area contributed by atoms with Crippen LogP contribution in [0.3, 0.4) is 0 Å². The second-order valence-electron chi connectivity index (χ2n) is 7.32. The molecule has 0 aliphatic carbocycles. The number of rotatable bonds is 8. The molecule has 1 atom stereocenters. The molecule has 0 spiro atoms. The molecule has 3 aromatic rings. The SMILES string of the molecule is CCOC(=O)C(N(Cc1ccccc1)Cc1ccccc1)N1CNc2ccccc21. The molecule has 1 heterocycles. The van der Waals surface area contributed by atoms with Crippen molar-refractivity contribution in [3.05, 3.63) is 96.1 Å². The van der Waals surface area contributed by atoms with E-state index in [-0.39, 0.29) is 5.97 Å². The van der Waals surface area contributed by atoms with Crippen LogP contribution in [-0.4, -0.2) is 30.3 Å². The molecule has 0 fully saturated rings. The number of carbonyl (C=O) groups excluding carboxylic acids is 1. The first kappa shape index (κ1) is 20.0. The van der Waals surface area contributed by atoms with Gasteiger partial charge in [-0.1, -0.05) is 72.8 Å². The number of nitrogens with zero attached hydrogens (tertiary/aromatic N) is 2. The summed E-state index contributed by atoms with van der Waals surface area (Å²) in [4.78, 5) is 17.5. The maximum atomic E-state index is 13.2. The van der Waals surface area contributed by atoms with Gasteiger partial charge in [-0.15, -0.1) is 0 Å². The number of hydrogen-bond donors (Lipinski definition) is 1. The average molecular weight is 402 g/mol. The van der Waals surface area contributed by atoms with Gasteiger partial charge in [0, 0.05) is 13.1 Å². The molecule has 0 radical (unpaired) electrons. The van der Waals surface area contributed by atoms with E-state index in [2.05, 4.69) is 39.4 Å². The van der Waals surface area contributed by atoms with Gasteiger partial charge in [-0.2, -0.15) is 0 Å². The zero-order chi connectivity index (χ0) is 20.8. The van der Waals surface area contributed by atoms with Crippen molar-refractivity contribution in [2.75, 3.05) is 23.5 Å². The number of ether oxygens (including phenoxy) is 1. The van der Waals surface area contributed by atoms with E-state index in [0.29, 0.717) is 26.4 Å². The van der Waals surface area contributed by atoms with E-state index in [4.69, 9.17) is 4.74 Å². The largest absolute Gasteiger partial charge is 0.463 e. The molecule has 5 heteroatoms. The van der Waals surface area contributed by atoms with Crippen molar-refractivity contribution in [2.24, 2.45) is 0 Å². The number of fused-ring (bicyclic) bond motifs is 1. The van der Waals surface area contributed by atoms with E-state index in [1.54, 1.807) is 0 Å². The summed E-state index contributed by atoms with van der Waals surface area (Å²) in [6.07, 6.45) is -0.540. The molecule has 1 N–H and O–H groups in total. The zero-order valence-electron chi connectivity index (χ0n) is 17.2. The lowest BCUT2D eigenvalue weighted by molar-refractivity contribution is -0.150. The Kier molecular flexibility index (Phi) is 6.30. The number of anilines is 2. The number of benzene rings is 3. The third-order valence-corrected chi connectivity index (χ3v) is 5.25. The Labute approximate surface area is 177 Å². The minimum absolute atomic E-state index is 0.233. The number of hydrogen-bond acceptors (Lipinski definition) is 5. The Morgan fingerprint density at radius 2 is 1.50 bits per heavy atom. The quantitative estimate of drug-likeness (QED) is 0.565. The Hall–Kier alpha value is -3.31. The molecule has 3 aromatic carbocycles. The second-order valence-corrected chi connectivity index (χ2v) is 7.32. The van der Waals surface area contributed by atoms with Gasteiger partial charge in [-0.05, 0) is 30.2 Å². The molecule has 1 unspecified atom stereocenters. The summed E-state index contributed by atoms with van der Waals surface area (Å²) in [5.74, 6) is -0.233. The molecule has 5 nitrogen and oxygen atoms in total. The van der Waals surface area contributed by atoms with Crippen molar-refractivity contribution < 1.29 is 9.53 Å². The fourth-order valence-corrected chi connectivity index (χ4v) is 3.90. The predicted molar refractivity (Wildman–Crippen MR) is 120 cm³/mol. The molecule has 0 amide bonds. The molecule has 4 rings (SSSR count). The van der Waals surface area contributed by atoms with Gasteiger partial charge in [0.1, 0.15) is 0 Å². The summed E-state index contributed by atoms with van der Waals surface area (Å²) < 4.78 is 5.54. The maximum Gasteiger partial charge on any atom is 0.344 e. The monoisotopic (exact) mass is 401 g/mol. The lowest BCUT2D eigenvalue weighted by Crippen LogP contribution is -2.53. The molecule has 0 bridgehead atoms. The van der Waals surface area contributed by atoms with Crippen molar-refractivity contribution in [1.29, 1.82) is 0 Å². The summed E-state index contributed by atoms with van der Waals surface area (Å²) in [6.45, 7) is 4.03. The molecule has 0 aromatic heterocycles. The first-order chi connectivity index (χ1) is 14.8. The third kappa shape index (κ3) is 4.47. The Morgan fingerprint density at radius 3 is 2.10 bits per heavy atom. The molecule has 0 saturated carbocycles. The van der Waals surface area contributed by atoms with Gasteiger partial charge in [0.15, 0.2) is 6.17 Å². The van der Waals surface area contributed by atoms with Crippen LogP contribution in [0, 0.1) is 0 Å². The maximum absolute atomic E-state index is 13.2. The van der Waals surface area contributed by atoms with Crippen molar-refractivity contribution in [3.8, 4) is 0 Å². The highest BCUT2D eigenvalue weighted by molar-refractivity contribution is 5.84. The van der Waals surface area contributed by atoms with Crippen LogP contribution in [0.5, 0.6) is 0 Å². The highest BCUT2D eigenvalue weighted by atomic mass is 16.5. The molecule has 0 saturated heterocycles. The lowest BCUT2D eigenvalue weighted by Gasteiger charge is -2.37. The Bertz CT molecular complexity index is 921. The Morgan fingerprint density at radius 1 is 0.933 bits per heavy atom. The van der Waals surface area contributed by atoms with Gasteiger partial charge in [-0.25, -0.2) is 4.79 Å². The zero-order valence-corrected chi connectivity index (χ0v) is 17.2. The normalized spacial score (nSPS) is 13.6. The van der Waals surface area contributed by atoms with Crippen LogP contribution in [0.4, 0.5) is 11.4 Å². The van der Waals surface area contributed by atoms with Gasteiger partial charge in [0.25, 0.3) is 0 Å². The van der Waals surface area contributed by atoms with Crippen molar-refractivity contribution in [2.45, 2.75) is 26.2 Å². The summed E-state index contributed by atoms with van der Waals surface area (Å²) in [7, 11) is 0. The van der Waals surface area contributed by atoms with Gasteiger partial charge in [-0.3, -0.25) is 4.90 Å². The molecular formula is C25H27N3O2. The average Bonchev–Trinajstić information content (AvgIpc) is 3.19. The number of para-hydroxylation sites is 2. The van der Waals surface area contributed by atoms with Gasteiger partial charge < -0.3 is 15.0 Å². The highest BCUT2D eigenvalue weighted by Crippen LogP contribution is 2.34. The van der Waals surface area contributed by atoms with Crippen LogP contribution >= 0.6 is 0 Å². The van der Waals surface area contributed by atoms with E-state index in [1.807, 2.05) is 67.6 Å². The van der Waals surface area contributed by atoms with Crippen molar-refractivity contribution in [3.63, 3.8) is 0 Å². The number of carbonyl (C=O) groups is 1. The molecule has 30 heavy (non-hydrogen) atoms. The third-order valence-electron chi connectivity index (χ3n) is 5.25. The fraction of sp³-hybridized carbons (Fsp3) is 0.240. The smallest absolute Gasteiger partial charge is 0.344 e. The molecular weight excluding hydrogens is 374 g/mol. The summed E-state index contributed by atoms with van der Waals surface area (Å²) in [5.41, 5.74) is 4.36. The Balaban J connectivity index is 1.71. The van der Waals surface area contributed by atoms with Gasteiger partial charge >= 0.3 is 5.97 Å². The van der Waals surface area contributed by atoms with E-state index in [0.717, 1.165) is 22.5 Å². The number of nitrogens with one attached hydrogen (secondary N) is 1. The second kappa shape index (κ2) is 9.46. The predicted octanol–water partition coefficient (Wildman–Crippen LogP) is 4.47. The van der Waals surface area contributed by atoms with E-state index < -0.39 is 6.17 Å². The molecule has 1 aliphatic heterocycles. The summed E-state index contributed by atoms with van der Waals surface area (Å²) in [6, 6.07) is 28.6. The fourth-order valence-electron chi connectivity index (χ4n) is 3.90. The van der Waals surface area contributed by atoms with Crippen LogP contribution in [0.15, 0.2) is 84.9 Å². The summed E-state index contributed by atoms with van der Waals surface area (Å²) in [5, 5.41) is 3.40. The van der Waals surface area contributed by atoms with Crippen LogP contribution in [0.2, 0.25) is 0 Å². The molecule has 154 valence electrons. The standard InChI is InChI=1S/C25H27N3O2/c1-2-30-25(29)24(28-19-26-22-15-9-10-16-23(22)28)27(17-20-11-5-3-6-12-20)18-21-13-7-4-8-14-21/h3-16,24,26H,2,17-19H2,1H3. The number of esters is 1. The van der Waals surface area contributed by atoms with Crippen molar-refractivity contribution in [1.82, 2.24) is 4.90 Å². The highest BCUT2D eigenvalue weighted by Gasteiger charge is 2.36. The van der Waals surface area contributed by atoms with E-state index in [1.165, 1.54) is 0 Å².